The lowest BCUT2D eigenvalue weighted by Gasteiger charge is -2.08. The summed E-state index contributed by atoms with van der Waals surface area (Å²) in [4.78, 5) is 3.93. The molecular formula is C12H13NO2. The Morgan fingerprint density at radius 3 is 2.53 bits per heavy atom. The Labute approximate surface area is 88.4 Å². The SMILES string of the molecule is OC(Cc1ccncc1)Cc1ccoc1. The van der Waals surface area contributed by atoms with Gasteiger partial charge in [0.05, 0.1) is 18.6 Å². The van der Waals surface area contributed by atoms with Crippen LogP contribution in [0.3, 0.4) is 0 Å². The molecule has 0 saturated carbocycles. The minimum Gasteiger partial charge on any atom is -0.472 e. The first-order valence-corrected chi connectivity index (χ1v) is 4.92. The van der Waals surface area contributed by atoms with Crippen molar-refractivity contribution in [3.8, 4) is 0 Å². The molecule has 0 fully saturated rings. The van der Waals surface area contributed by atoms with E-state index in [-0.39, 0.29) is 6.10 Å². The summed E-state index contributed by atoms with van der Waals surface area (Å²) in [7, 11) is 0. The number of furan rings is 1. The predicted molar refractivity (Wildman–Crippen MR) is 56.4 cm³/mol. The van der Waals surface area contributed by atoms with Gasteiger partial charge < -0.3 is 9.52 Å². The number of aliphatic hydroxyl groups excluding tert-OH is 1. The van der Waals surface area contributed by atoms with Crippen molar-refractivity contribution in [2.75, 3.05) is 0 Å². The second-order valence-electron chi connectivity index (χ2n) is 3.55. The minimum absolute atomic E-state index is 0.370. The largest absolute Gasteiger partial charge is 0.472 e. The Morgan fingerprint density at radius 1 is 1.13 bits per heavy atom. The number of rotatable bonds is 4. The lowest BCUT2D eigenvalue weighted by molar-refractivity contribution is 0.175. The quantitative estimate of drug-likeness (QED) is 0.824. The van der Waals surface area contributed by atoms with Crippen LogP contribution in [0.5, 0.6) is 0 Å². The van der Waals surface area contributed by atoms with E-state index >= 15 is 0 Å². The lowest BCUT2D eigenvalue weighted by atomic mass is 10.0. The molecule has 1 unspecified atom stereocenters. The molecule has 0 saturated heterocycles. The average molecular weight is 203 g/mol. The van der Waals surface area contributed by atoms with Gasteiger partial charge in [0.15, 0.2) is 0 Å². The van der Waals surface area contributed by atoms with E-state index in [1.807, 2.05) is 18.2 Å². The molecule has 0 aliphatic heterocycles. The first-order chi connectivity index (χ1) is 7.34. The standard InChI is InChI=1S/C12H13NO2/c14-12(8-11-3-6-15-9-11)7-10-1-4-13-5-2-10/h1-6,9,12,14H,7-8H2. The highest BCUT2D eigenvalue weighted by atomic mass is 16.3. The van der Waals surface area contributed by atoms with Crippen LogP contribution in [0.15, 0.2) is 47.5 Å². The van der Waals surface area contributed by atoms with Crippen molar-refractivity contribution in [2.24, 2.45) is 0 Å². The number of pyridine rings is 1. The van der Waals surface area contributed by atoms with Crippen molar-refractivity contribution in [1.29, 1.82) is 0 Å². The molecule has 2 aromatic heterocycles. The van der Waals surface area contributed by atoms with Gasteiger partial charge in [-0.1, -0.05) is 0 Å². The summed E-state index contributed by atoms with van der Waals surface area (Å²) in [6.07, 6.45) is 7.65. The van der Waals surface area contributed by atoms with Crippen molar-refractivity contribution >= 4 is 0 Å². The number of aliphatic hydroxyl groups is 1. The fourth-order valence-electron chi connectivity index (χ4n) is 1.54. The third-order valence-corrected chi connectivity index (χ3v) is 2.27. The van der Waals surface area contributed by atoms with E-state index < -0.39 is 0 Å². The van der Waals surface area contributed by atoms with Gasteiger partial charge in [0, 0.05) is 18.8 Å². The molecule has 0 aliphatic rings. The van der Waals surface area contributed by atoms with Gasteiger partial charge in [-0.3, -0.25) is 4.98 Å². The smallest absolute Gasteiger partial charge is 0.0935 e. The predicted octanol–water partition coefficient (Wildman–Crippen LogP) is 1.82. The Kier molecular flexibility index (Phi) is 3.15. The number of nitrogens with zero attached hydrogens (tertiary/aromatic N) is 1. The molecule has 2 aromatic rings. The first-order valence-electron chi connectivity index (χ1n) is 4.92. The molecule has 0 amide bonds. The molecule has 3 nitrogen and oxygen atoms in total. The van der Waals surface area contributed by atoms with Crippen LogP contribution in [0.2, 0.25) is 0 Å². The zero-order chi connectivity index (χ0) is 10.5. The van der Waals surface area contributed by atoms with Gasteiger partial charge in [-0.15, -0.1) is 0 Å². The average Bonchev–Trinajstić information content (AvgIpc) is 2.71. The fraction of sp³-hybridized carbons (Fsp3) is 0.250. The summed E-state index contributed by atoms with van der Waals surface area (Å²) < 4.78 is 4.94. The van der Waals surface area contributed by atoms with Crippen molar-refractivity contribution in [2.45, 2.75) is 18.9 Å². The van der Waals surface area contributed by atoms with Crippen molar-refractivity contribution in [1.82, 2.24) is 4.98 Å². The number of hydrogen-bond donors (Lipinski definition) is 1. The van der Waals surface area contributed by atoms with Gasteiger partial charge >= 0.3 is 0 Å². The van der Waals surface area contributed by atoms with Gasteiger partial charge in [0.1, 0.15) is 0 Å². The van der Waals surface area contributed by atoms with Crippen LogP contribution in [-0.2, 0) is 12.8 Å². The summed E-state index contributed by atoms with van der Waals surface area (Å²) in [5.74, 6) is 0. The van der Waals surface area contributed by atoms with Gasteiger partial charge in [-0.05, 0) is 35.7 Å². The van der Waals surface area contributed by atoms with Crippen LogP contribution < -0.4 is 0 Å². The van der Waals surface area contributed by atoms with Gasteiger partial charge in [-0.25, -0.2) is 0 Å². The van der Waals surface area contributed by atoms with Gasteiger partial charge in [0.2, 0.25) is 0 Å². The molecule has 15 heavy (non-hydrogen) atoms. The third kappa shape index (κ3) is 2.92. The Morgan fingerprint density at radius 2 is 1.87 bits per heavy atom. The maximum absolute atomic E-state index is 9.81. The highest BCUT2D eigenvalue weighted by molar-refractivity contribution is 5.13. The Hall–Kier alpha value is -1.61. The summed E-state index contributed by atoms with van der Waals surface area (Å²) in [6.45, 7) is 0. The van der Waals surface area contributed by atoms with Crippen molar-refractivity contribution in [3.63, 3.8) is 0 Å². The highest BCUT2D eigenvalue weighted by Gasteiger charge is 2.07. The van der Waals surface area contributed by atoms with E-state index in [9.17, 15) is 5.11 Å². The summed E-state index contributed by atoms with van der Waals surface area (Å²) in [5, 5.41) is 9.81. The van der Waals surface area contributed by atoms with Crippen molar-refractivity contribution in [3.05, 3.63) is 54.2 Å². The second kappa shape index (κ2) is 4.75. The molecule has 2 rings (SSSR count). The molecule has 2 heterocycles. The molecule has 0 aromatic carbocycles. The molecular weight excluding hydrogens is 190 g/mol. The Balaban J connectivity index is 1.90. The summed E-state index contributed by atoms with van der Waals surface area (Å²) in [6, 6.07) is 5.70. The maximum Gasteiger partial charge on any atom is 0.0935 e. The first kappa shape index (κ1) is 9.93. The number of aromatic nitrogens is 1. The van der Waals surface area contributed by atoms with Crippen LogP contribution >= 0.6 is 0 Å². The number of hydrogen-bond acceptors (Lipinski definition) is 3. The molecule has 0 aliphatic carbocycles. The molecule has 0 radical (unpaired) electrons. The van der Waals surface area contributed by atoms with Gasteiger partial charge in [0.25, 0.3) is 0 Å². The monoisotopic (exact) mass is 203 g/mol. The summed E-state index contributed by atoms with van der Waals surface area (Å²) >= 11 is 0. The molecule has 0 spiro atoms. The van der Waals surface area contributed by atoms with Crippen LogP contribution in [0.4, 0.5) is 0 Å². The van der Waals surface area contributed by atoms with E-state index in [4.69, 9.17) is 4.42 Å². The normalized spacial score (nSPS) is 12.6. The zero-order valence-electron chi connectivity index (χ0n) is 8.34. The van der Waals surface area contributed by atoms with Gasteiger partial charge in [-0.2, -0.15) is 0 Å². The van der Waals surface area contributed by atoms with Crippen LogP contribution in [0, 0.1) is 0 Å². The molecule has 1 N–H and O–H groups in total. The summed E-state index contributed by atoms with van der Waals surface area (Å²) in [5.41, 5.74) is 2.12. The van der Waals surface area contributed by atoms with E-state index in [0.29, 0.717) is 12.8 Å². The molecule has 3 heteroatoms. The maximum atomic E-state index is 9.81. The lowest BCUT2D eigenvalue weighted by Crippen LogP contribution is -2.13. The second-order valence-corrected chi connectivity index (χ2v) is 3.55. The Bertz CT molecular complexity index is 383. The van der Waals surface area contributed by atoms with E-state index in [1.165, 1.54) is 0 Å². The fourth-order valence-corrected chi connectivity index (χ4v) is 1.54. The third-order valence-electron chi connectivity index (χ3n) is 2.27. The molecule has 0 bridgehead atoms. The van der Waals surface area contributed by atoms with E-state index in [1.54, 1.807) is 24.9 Å². The minimum atomic E-state index is -0.370. The molecule has 1 atom stereocenters. The van der Waals surface area contributed by atoms with Crippen LogP contribution in [-0.4, -0.2) is 16.2 Å². The molecule has 78 valence electrons. The van der Waals surface area contributed by atoms with E-state index in [0.717, 1.165) is 11.1 Å². The topological polar surface area (TPSA) is 46.3 Å². The highest BCUT2D eigenvalue weighted by Crippen LogP contribution is 2.08. The zero-order valence-corrected chi connectivity index (χ0v) is 8.34. The van der Waals surface area contributed by atoms with E-state index in [2.05, 4.69) is 4.98 Å². The van der Waals surface area contributed by atoms with Crippen LogP contribution in [0.1, 0.15) is 11.1 Å². The van der Waals surface area contributed by atoms with Crippen molar-refractivity contribution < 1.29 is 9.52 Å². The van der Waals surface area contributed by atoms with Crippen LogP contribution in [0.25, 0.3) is 0 Å².